The van der Waals surface area contributed by atoms with Gasteiger partial charge in [0, 0.05) is 25.5 Å². The van der Waals surface area contributed by atoms with Crippen molar-refractivity contribution in [3.05, 3.63) is 0 Å². The first-order chi connectivity index (χ1) is 7.77. The zero-order valence-electron chi connectivity index (χ0n) is 9.61. The molecule has 2 aliphatic rings. The second-order valence-electron chi connectivity index (χ2n) is 4.65. The van der Waals surface area contributed by atoms with E-state index in [-0.39, 0.29) is 17.6 Å². The van der Waals surface area contributed by atoms with E-state index in [1.54, 1.807) is 4.90 Å². The average molecular weight is 225 g/mol. The minimum absolute atomic E-state index is 0.0241. The van der Waals surface area contributed by atoms with E-state index in [4.69, 9.17) is 4.74 Å². The zero-order valence-corrected chi connectivity index (χ0v) is 9.61. The molecule has 2 fully saturated rings. The van der Waals surface area contributed by atoms with Crippen LogP contribution in [0.2, 0.25) is 0 Å². The van der Waals surface area contributed by atoms with E-state index in [9.17, 15) is 9.59 Å². The number of hydrogen-bond acceptors (Lipinski definition) is 3. The van der Waals surface area contributed by atoms with Crippen LogP contribution in [0.1, 0.15) is 32.1 Å². The van der Waals surface area contributed by atoms with Crippen LogP contribution < -0.4 is 0 Å². The minimum Gasteiger partial charge on any atom is -0.381 e. The summed E-state index contributed by atoms with van der Waals surface area (Å²) < 4.78 is 5.19. The Morgan fingerprint density at radius 3 is 3.00 bits per heavy atom. The molecule has 0 aromatic carbocycles. The fourth-order valence-corrected chi connectivity index (χ4v) is 2.31. The standard InChI is InChI=1S/C12H19NO3/c14-11(10-5-7-16-9-10)8-13-6-3-1-2-4-12(13)15/h10H,1-9H2. The maximum absolute atomic E-state index is 11.9. The van der Waals surface area contributed by atoms with Crippen LogP contribution in [0.25, 0.3) is 0 Å². The van der Waals surface area contributed by atoms with Crippen LogP contribution in [0.4, 0.5) is 0 Å². The molecule has 0 spiro atoms. The Hall–Kier alpha value is -0.900. The number of rotatable bonds is 3. The molecule has 2 rings (SSSR count). The van der Waals surface area contributed by atoms with Gasteiger partial charge in [-0.3, -0.25) is 9.59 Å². The lowest BCUT2D eigenvalue weighted by molar-refractivity contribution is -0.136. The molecular weight excluding hydrogens is 206 g/mol. The molecule has 1 amide bonds. The van der Waals surface area contributed by atoms with Gasteiger partial charge in [0.25, 0.3) is 0 Å². The van der Waals surface area contributed by atoms with E-state index in [1.807, 2.05) is 0 Å². The predicted octanol–water partition coefficient (Wildman–Crippen LogP) is 0.995. The van der Waals surface area contributed by atoms with Crippen LogP contribution in [-0.2, 0) is 14.3 Å². The number of ether oxygens (including phenoxy) is 1. The van der Waals surface area contributed by atoms with E-state index < -0.39 is 0 Å². The summed E-state index contributed by atoms with van der Waals surface area (Å²) >= 11 is 0. The van der Waals surface area contributed by atoms with E-state index in [0.717, 1.165) is 32.2 Å². The van der Waals surface area contributed by atoms with Crippen molar-refractivity contribution in [1.29, 1.82) is 0 Å². The number of hydrogen-bond donors (Lipinski definition) is 0. The quantitative estimate of drug-likeness (QED) is 0.719. The molecule has 0 aliphatic carbocycles. The molecule has 1 atom stereocenters. The van der Waals surface area contributed by atoms with Gasteiger partial charge >= 0.3 is 0 Å². The Kier molecular flexibility index (Phi) is 3.93. The van der Waals surface area contributed by atoms with Crippen molar-refractivity contribution in [3.63, 3.8) is 0 Å². The van der Waals surface area contributed by atoms with Crippen LogP contribution in [0, 0.1) is 5.92 Å². The SMILES string of the molecule is O=C(CN1CCCCCC1=O)C1CCOC1. The number of ketones is 1. The van der Waals surface area contributed by atoms with Crippen LogP contribution >= 0.6 is 0 Å². The highest BCUT2D eigenvalue weighted by Gasteiger charge is 2.27. The highest BCUT2D eigenvalue weighted by molar-refractivity contribution is 5.87. The van der Waals surface area contributed by atoms with E-state index in [1.165, 1.54) is 0 Å². The smallest absolute Gasteiger partial charge is 0.222 e. The zero-order chi connectivity index (χ0) is 11.4. The van der Waals surface area contributed by atoms with Gasteiger partial charge in [-0.2, -0.15) is 0 Å². The third-order valence-corrected chi connectivity index (χ3v) is 3.40. The molecular formula is C12H19NO3. The Bertz CT molecular complexity index is 271. The van der Waals surface area contributed by atoms with Crippen LogP contribution in [0.5, 0.6) is 0 Å². The van der Waals surface area contributed by atoms with Crippen molar-refractivity contribution < 1.29 is 14.3 Å². The average Bonchev–Trinajstić information content (AvgIpc) is 2.73. The van der Waals surface area contributed by atoms with Crippen molar-refractivity contribution in [2.75, 3.05) is 26.3 Å². The summed E-state index contributed by atoms with van der Waals surface area (Å²) in [5, 5.41) is 0. The molecule has 0 bridgehead atoms. The predicted molar refractivity (Wildman–Crippen MR) is 59.0 cm³/mol. The first kappa shape index (κ1) is 11.6. The lowest BCUT2D eigenvalue weighted by atomic mass is 10.0. The van der Waals surface area contributed by atoms with Crippen LogP contribution in [0.15, 0.2) is 0 Å². The first-order valence-corrected chi connectivity index (χ1v) is 6.15. The Balaban J connectivity index is 1.86. The van der Waals surface area contributed by atoms with Crippen molar-refractivity contribution in [1.82, 2.24) is 4.90 Å². The van der Waals surface area contributed by atoms with Gasteiger partial charge in [-0.05, 0) is 19.3 Å². The fourth-order valence-electron chi connectivity index (χ4n) is 2.31. The van der Waals surface area contributed by atoms with Gasteiger partial charge in [0.05, 0.1) is 13.2 Å². The third-order valence-electron chi connectivity index (χ3n) is 3.40. The summed E-state index contributed by atoms with van der Waals surface area (Å²) in [4.78, 5) is 25.3. The molecule has 4 heteroatoms. The maximum atomic E-state index is 11.9. The summed E-state index contributed by atoms with van der Waals surface area (Å²) in [5.74, 6) is 0.341. The largest absolute Gasteiger partial charge is 0.381 e. The number of likely N-dealkylation sites (tertiary alicyclic amines) is 1. The molecule has 0 radical (unpaired) electrons. The normalized spacial score (nSPS) is 26.9. The number of Topliss-reactive ketones (excluding diaryl/α,β-unsaturated/α-hetero) is 1. The lowest BCUT2D eigenvalue weighted by Gasteiger charge is -2.20. The number of amides is 1. The summed E-state index contributed by atoms with van der Waals surface area (Å²) in [6, 6.07) is 0. The van der Waals surface area contributed by atoms with Gasteiger partial charge in [0.1, 0.15) is 0 Å². The van der Waals surface area contributed by atoms with Gasteiger partial charge in [-0.15, -0.1) is 0 Å². The van der Waals surface area contributed by atoms with E-state index in [0.29, 0.717) is 26.2 Å². The molecule has 2 aliphatic heterocycles. The van der Waals surface area contributed by atoms with Gasteiger partial charge in [0.2, 0.25) is 5.91 Å². The van der Waals surface area contributed by atoms with Crippen LogP contribution in [-0.4, -0.2) is 42.9 Å². The maximum Gasteiger partial charge on any atom is 0.222 e. The lowest BCUT2D eigenvalue weighted by Crippen LogP contribution is -2.37. The first-order valence-electron chi connectivity index (χ1n) is 6.15. The van der Waals surface area contributed by atoms with Crippen molar-refractivity contribution in [3.8, 4) is 0 Å². The molecule has 0 aromatic heterocycles. The minimum atomic E-state index is 0.0241. The molecule has 0 saturated carbocycles. The summed E-state index contributed by atoms with van der Waals surface area (Å²) in [6.07, 6.45) is 4.52. The number of nitrogens with zero attached hydrogens (tertiary/aromatic N) is 1. The highest BCUT2D eigenvalue weighted by Crippen LogP contribution is 2.16. The van der Waals surface area contributed by atoms with E-state index in [2.05, 4.69) is 0 Å². The molecule has 0 aromatic rings. The van der Waals surface area contributed by atoms with Gasteiger partial charge in [-0.25, -0.2) is 0 Å². The van der Waals surface area contributed by atoms with Gasteiger partial charge < -0.3 is 9.64 Å². The molecule has 16 heavy (non-hydrogen) atoms. The highest BCUT2D eigenvalue weighted by atomic mass is 16.5. The molecule has 0 N–H and O–H groups in total. The topological polar surface area (TPSA) is 46.6 Å². The molecule has 4 nitrogen and oxygen atoms in total. The fraction of sp³-hybridized carbons (Fsp3) is 0.833. The Labute approximate surface area is 95.9 Å². The summed E-state index contributed by atoms with van der Waals surface area (Å²) in [5.41, 5.74) is 0. The second-order valence-corrected chi connectivity index (χ2v) is 4.65. The molecule has 90 valence electrons. The van der Waals surface area contributed by atoms with Crippen LogP contribution in [0.3, 0.4) is 0 Å². The Morgan fingerprint density at radius 1 is 1.38 bits per heavy atom. The monoisotopic (exact) mass is 225 g/mol. The van der Waals surface area contributed by atoms with Crippen molar-refractivity contribution >= 4 is 11.7 Å². The van der Waals surface area contributed by atoms with Gasteiger partial charge in [0.15, 0.2) is 5.78 Å². The molecule has 1 unspecified atom stereocenters. The Morgan fingerprint density at radius 2 is 2.25 bits per heavy atom. The van der Waals surface area contributed by atoms with Gasteiger partial charge in [-0.1, -0.05) is 6.42 Å². The number of carbonyl (C=O) groups is 2. The van der Waals surface area contributed by atoms with E-state index >= 15 is 0 Å². The summed E-state index contributed by atoms with van der Waals surface area (Å²) in [6.45, 7) is 2.27. The number of carbonyl (C=O) groups excluding carboxylic acids is 2. The summed E-state index contributed by atoms with van der Waals surface area (Å²) in [7, 11) is 0. The molecule has 2 saturated heterocycles. The third kappa shape index (κ3) is 2.82. The second kappa shape index (κ2) is 5.43. The molecule has 2 heterocycles. The van der Waals surface area contributed by atoms with Crippen molar-refractivity contribution in [2.45, 2.75) is 32.1 Å². The van der Waals surface area contributed by atoms with Crippen molar-refractivity contribution in [2.24, 2.45) is 5.92 Å².